The van der Waals surface area contributed by atoms with Crippen LogP contribution in [0.4, 0.5) is 5.69 Å². The van der Waals surface area contributed by atoms with Gasteiger partial charge in [0.05, 0.1) is 18.1 Å². The van der Waals surface area contributed by atoms with E-state index in [-0.39, 0.29) is 10.8 Å². The van der Waals surface area contributed by atoms with Crippen molar-refractivity contribution in [2.45, 2.75) is 0 Å². The number of amides is 1. The molecule has 8 nitrogen and oxygen atoms in total. The first-order valence-corrected chi connectivity index (χ1v) is 7.61. The van der Waals surface area contributed by atoms with E-state index >= 15 is 0 Å². The molecule has 1 aliphatic rings. The van der Waals surface area contributed by atoms with Crippen LogP contribution in [0.3, 0.4) is 0 Å². The highest BCUT2D eigenvalue weighted by Crippen LogP contribution is 2.11. The molecule has 2 rings (SSSR count). The lowest BCUT2D eigenvalue weighted by molar-refractivity contribution is -0.384. The molecule has 0 spiro atoms. The van der Waals surface area contributed by atoms with Crippen molar-refractivity contribution < 1.29 is 14.5 Å². The van der Waals surface area contributed by atoms with Crippen LogP contribution in [-0.4, -0.2) is 60.2 Å². The van der Waals surface area contributed by atoms with E-state index in [1.807, 2.05) is 0 Å². The third kappa shape index (κ3) is 5.55. The van der Waals surface area contributed by atoms with Crippen LogP contribution in [0, 0.1) is 10.1 Å². The van der Waals surface area contributed by atoms with Gasteiger partial charge in [0.1, 0.15) is 0 Å². The zero-order chi connectivity index (χ0) is 16.7. The van der Waals surface area contributed by atoms with Gasteiger partial charge in [-0.15, -0.1) is 0 Å². The van der Waals surface area contributed by atoms with E-state index in [0.29, 0.717) is 12.1 Å². The van der Waals surface area contributed by atoms with Crippen molar-refractivity contribution >= 4 is 28.9 Å². The summed E-state index contributed by atoms with van der Waals surface area (Å²) in [6, 6.07) is 5.35. The Morgan fingerprint density at radius 3 is 2.57 bits per heavy atom. The fourth-order valence-electron chi connectivity index (χ4n) is 2.11. The van der Waals surface area contributed by atoms with Crippen LogP contribution in [0.1, 0.15) is 10.4 Å². The number of non-ortho nitro benzene ring substituents is 1. The Labute approximate surface area is 138 Å². The summed E-state index contributed by atoms with van der Waals surface area (Å²) in [5.41, 5.74) is 0.251. The molecular weight excluding hydrogens is 320 g/mol. The van der Waals surface area contributed by atoms with Gasteiger partial charge in [-0.3, -0.25) is 25.1 Å². The van der Waals surface area contributed by atoms with Gasteiger partial charge >= 0.3 is 0 Å². The lowest BCUT2D eigenvalue weighted by atomic mass is 10.2. The molecule has 124 valence electrons. The van der Waals surface area contributed by atoms with Crippen molar-refractivity contribution in [3.8, 4) is 0 Å². The molecule has 1 aromatic rings. The minimum Gasteiger partial charge on any atom is -0.379 e. The number of benzene rings is 1. The quantitative estimate of drug-likeness (QED) is 0.459. The summed E-state index contributed by atoms with van der Waals surface area (Å²) >= 11 is 5.07. The first kappa shape index (κ1) is 17.3. The number of nitrogens with zero attached hydrogens (tertiary/aromatic N) is 2. The zero-order valence-electron chi connectivity index (χ0n) is 12.5. The second kappa shape index (κ2) is 8.51. The molecule has 0 bridgehead atoms. The number of carbonyl (C=O) groups excluding carboxylic acids is 1. The first-order valence-electron chi connectivity index (χ1n) is 7.20. The van der Waals surface area contributed by atoms with Crippen molar-refractivity contribution in [2.75, 3.05) is 39.4 Å². The van der Waals surface area contributed by atoms with E-state index in [4.69, 9.17) is 17.0 Å². The number of hydrogen-bond acceptors (Lipinski definition) is 6. The summed E-state index contributed by atoms with van der Waals surface area (Å²) in [6.45, 7) is 4.70. The highest BCUT2D eigenvalue weighted by atomic mass is 32.1. The average molecular weight is 338 g/mol. The van der Waals surface area contributed by atoms with Gasteiger partial charge in [-0.25, -0.2) is 0 Å². The van der Waals surface area contributed by atoms with E-state index in [9.17, 15) is 14.9 Å². The van der Waals surface area contributed by atoms with E-state index in [0.717, 1.165) is 32.8 Å². The maximum Gasteiger partial charge on any atom is 0.269 e. The van der Waals surface area contributed by atoms with Gasteiger partial charge in [-0.05, 0) is 24.4 Å². The second-order valence-electron chi connectivity index (χ2n) is 4.97. The van der Waals surface area contributed by atoms with E-state index in [1.54, 1.807) is 0 Å². The molecule has 1 aliphatic heterocycles. The molecule has 0 aliphatic carbocycles. The summed E-state index contributed by atoms with van der Waals surface area (Å²) < 4.78 is 5.26. The van der Waals surface area contributed by atoms with Gasteiger partial charge in [0.25, 0.3) is 11.6 Å². The van der Waals surface area contributed by atoms with Crippen LogP contribution in [0.2, 0.25) is 0 Å². The molecule has 1 amide bonds. The summed E-state index contributed by atoms with van der Waals surface area (Å²) in [7, 11) is 0. The Kier molecular flexibility index (Phi) is 6.39. The molecule has 1 fully saturated rings. The van der Waals surface area contributed by atoms with Crippen molar-refractivity contribution in [1.29, 1.82) is 0 Å². The second-order valence-corrected chi connectivity index (χ2v) is 5.38. The molecule has 9 heteroatoms. The zero-order valence-corrected chi connectivity index (χ0v) is 13.3. The fraction of sp³-hybridized carbons (Fsp3) is 0.429. The molecule has 1 saturated heterocycles. The van der Waals surface area contributed by atoms with E-state index in [1.165, 1.54) is 24.3 Å². The smallest absolute Gasteiger partial charge is 0.269 e. The molecule has 0 atom stereocenters. The van der Waals surface area contributed by atoms with Crippen LogP contribution >= 0.6 is 12.2 Å². The molecule has 1 aromatic carbocycles. The van der Waals surface area contributed by atoms with Crippen LogP contribution in [0.15, 0.2) is 24.3 Å². The minimum atomic E-state index is -0.514. The summed E-state index contributed by atoms with van der Waals surface area (Å²) in [5.74, 6) is -0.399. The van der Waals surface area contributed by atoms with Gasteiger partial charge in [0.15, 0.2) is 5.11 Å². The van der Waals surface area contributed by atoms with Crippen LogP contribution in [-0.2, 0) is 4.74 Å². The topological polar surface area (TPSA) is 96.7 Å². The first-order chi connectivity index (χ1) is 11.1. The van der Waals surface area contributed by atoms with Crippen molar-refractivity contribution in [3.63, 3.8) is 0 Å². The molecule has 0 saturated carbocycles. The summed E-state index contributed by atoms with van der Waals surface area (Å²) in [4.78, 5) is 24.3. The fourth-order valence-corrected chi connectivity index (χ4v) is 2.30. The maximum absolute atomic E-state index is 12.0. The number of nitro groups is 1. The van der Waals surface area contributed by atoms with Gasteiger partial charge in [-0.2, -0.15) is 0 Å². The normalized spacial score (nSPS) is 15.0. The molecular formula is C14H18N4O4S. The third-order valence-electron chi connectivity index (χ3n) is 3.38. The number of rotatable bonds is 5. The predicted molar refractivity (Wildman–Crippen MR) is 88.4 cm³/mol. The third-order valence-corrected chi connectivity index (χ3v) is 3.63. The SMILES string of the molecule is O=C(NC(=S)NCCN1CCOCC1)c1ccc([N+](=O)[O-])cc1. The Balaban J connectivity index is 1.73. The number of nitro benzene ring substituents is 1. The average Bonchev–Trinajstić information content (AvgIpc) is 2.56. The van der Waals surface area contributed by atoms with Crippen molar-refractivity contribution in [2.24, 2.45) is 0 Å². The Bertz CT molecular complexity index is 573. The Morgan fingerprint density at radius 2 is 1.96 bits per heavy atom. The van der Waals surface area contributed by atoms with Crippen LogP contribution in [0.5, 0.6) is 0 Å². The van der Waals surface area contributed by atoms with Gasteiger partial charge in [0, 0.05) is 43.9 Å². The van der Waals surface area contributed by atoms with E-state index < -0.39 is 10.8 Å². The lowest BCUT2D eigenvalue weighted by Gasteiger charge is -2.26. The highest BCUT2D eigenvalue weighted by molar-refractivity contribution is 7.80. The molecule has 0 unspecified atom stereocenters. The molecule has 0 radical (unpaired) electrons. The minimum absolute atomic E-state index is 0.0623. The number of hydrogen-bond donors (Lipinski definition) is 2. The molecule has 2 N–H and O–H groups in total. The number of nitrogens with one attached hydrogen (secondary N) is 2. The van der Waals surface area contributed by atoms with E-state index in [2.05, 4.69) is 15.5 Å². The number of carbonyl (C=O) groups is 1. The Morgan fingerprint density at radius 1 is 1.30 bits per heavy atom. The number of morpholine rings is 1. The lowest BCUT2D eigenvalue weighted by Crippen LogP contribution is -2.44. The van der Waals surface area contributed by atoms with Crippen molar-refractivity contribution in [1.82, 2.24) is 15.5 Å². The van der Waals surface area contributed by atoms with Crippen molar-refractivity contribution in [3.05, 3.63) is 39.9 Å². The predicted octanol–water partition coefficient (Wildman–Crippen LogP) is 0.531. The standard InChI is InChI=1S/C14H18N4O4S/c19-13(11-1-3-12(4-2-11)18(20)21)16-14(23)15-5-6-17-7-9-22-10-8-17/h1-4H,5-10H2,(H2,15,16,19,23). The van der Waals surface area contributed by atoms with Crippen LogP contribution < -0.4 is 10.6 Å². The molecule has 1 heterocycles. The summed E-state index contributed by atoms with van der Waals surface area (Å²) in [6.07, 6.45) is 0. The summed E-state index contributed by atoms with van der Waals surface area (Å²) in [5, 5.41) is 16.3. The number of thiocarbonyl (C=S) groups is 1. The monoisotopic (exact) mass is 338 g/mol. The maximum atomic E-state index is 12.0. The van der Waals surface area contributed by atoms with Gasteiger partial charge in [-0.1, -0.05) is 0 Å². The number of ether oxygens (including phenoxy) is 1. The van der Waals surface area contributed by atoms with Crippen LogP contribution in [0.25, 0.3) is 0 Å². The van der Waals surface area contributed by atoms with Gasteiger partial charge < -0.3 is 10.1 Å². The largest absolute Gasteiger partial charge is 0.379 e. The molecule has 23 heavy (non-hydrogen) atoms. The highest BCUT2D eigenvalue weighted by Gasteiger charge is 2.12. The Hall–Kier alpha value is -2.10. The molecule has 0 aromatic heterocycles. The van der Waals surface area contributed by atoms with Gasteiger partial charge in [0.2, 0.25) is 0 Å².